The maximum atomic E-state index is 12.4. The second-order valence-corrected chi connectivity index (χ2v) is 5.09. The number of ether oxygens (including phenoxy) is 1. The van der Waals surface area contributed by atoms with Crippen LogP contribution in [0.1, 0.15) is 10.5 Å². The maximum absolute atomic E-state index is 12.4. The number of fused-ring (bicyclic) bond motifs is 3. The summed E-state index contributed by atoms with van der Waals surface area (Å²) < 4.78 is 10.6. The predicted octanol–water partition coefficient (Wildman–Crippen LogP) is 3.03. The van der Waals surface area contributed by atoms with Crippen LogP contribution in [0, 0.1) is 0 Å². The summed E-state index contributed by atoms with van der Waals surface area (Å²) in [6.07, 6.45) is 3.09. The van der Waals surface area contributed by atoms with Crippen molar-refractivity contribution in [2.45, 2.75) is 0 Å². The van der Waals surface area contributed by atoms with Crippen LogP contribution in [-0.2, 0) is 0 Å². The van der Waals surface area contributed by atoms with Gasteiger partial charge in [0, 0.05) is 17.8 Å². The van der Waals surface area contributed by atoms with Gasteiger partial charge in [-0.25, -0.2) is 9.97 Å². The molecule has 0 bridgehead atoms. The van der Waals surface area contributed by atoms with E-state index in [1.807, 2.05) is 24.3 Å². The molecule has 0 aliphatic heterocycles. The molecule has 2 heterocycles. The van der Waals surface area contributed by atoms with E-state index < -0.39 is 5.91 Å². The van der Waals surface area contributed by atoms with Gasteiger partial charge in [0.25, 0.3) is 5.91 Å². The third kappa shape index (κ3) is 2.32. The molecule has 7 heteroatoms. The van der Waals surface area contributed by atoms with Gasteiger partial charge in [0.05, 0.1) is 12.5 Å². The van der Waals surface area contributed by atoms with E-state index in [2.05, 4.69) is 20.4 Å². The minimum atomic E-state index is -0.423. The zero-order valence-corrected chi connectivity index (χ0v) is 12.7. The van der Waals surface area contributed by atoms with Gasteiger partial charge in [0.2, 0.25) is 5.95 Å². The van der Waals surface area contributed by atoms with Crippen LogP contribution in [0.25, 0.3) is 21.7 Å². The van der Waals surface area contributed by atoms with E-state index in [0.717, 1.165) is 16.5 Å². The zero-order valence-electron chi connectivity index (χ0n) is 12.7. The molecule has 0 spiro atoms. The fraction of sp³-hybridized carbons (Fsp3) is 0.0588. The maximum Gasteiger partial charge on any atom is 0.280 e. The molecule has 0 saturated carbocycles. The normalized spacial score (nSPS) is 10.9. The van der Waals surface area contributed by atoms with Crippen LogP contribution in [0.15, 0.2) is 53.3 Å². The number of hydrogen-bond donors (Lipinski definition) is 1. The number of benzene rings is 2. The van der Waals surface area contributed by atoms with Crippen LogP contribution < -0.4 is 10.1 Å². The number of aromatic nitrogens is 3. The number of carbonyl (C=O) groups is 1. The number of carbonyl (C=O) groups excluding carboxylic acids is 1. The molecule has 4 aromatic rings. The van der Waals surface area contributed by atoms with Crippen molar-refractivity contribution in [3.05, 3.63) is 54.5 Å². The lowest BCUT2D eigenvalue weighted by atomic mass is 10.1. The van der Waals surface area contributed by atoms with Crippen LogP contribution >= 0.6 is 0 Å². The Morgan fingerprint density at radius 2 is 1.92 bits per heavy atom. The monoisotopic (exact) mass is 320 g/mol. The van der Waals surface area contributed by atoms with Crippen molar-refractivity contribution in [1.29, 1.82) is 0 Å². The second kappa shape index (κ2) is 5.62. The van der Waals surface area contributed by atoms with Gasteiger partial charge in [-0.15, -0.1) is 0 Å². The fourth-order valence-electron chi connectivity index (χ4n) is 2.52. The molecule has 0 fully saturated rings. The first-order valence-electron chi connectivity index (χ1n) is 7.21. The lowest BCUT2D eigenvalue weighted by molar-refractivity contribution is 0.101. The van der Waals surface area contributed by atoms with E-state index in [1.165, 1.54) is 0 Å². The highest BCUT2D eigenvalue weighted by molar-refractivity contribution is 6.15. The van der Waals surface area contributed by atoms with Gasteiger partial charge in [-0.05, 0) is 35.7 Å². The second-order valence-electron chi connectivity index (χ2n) is 5.09. The molecule has 1 amide bonds. The largest absolute Gasteiger partial charge is 0.497 e. The zero-order chi connectivity index (χ0) is 16.5. The minimum absolute atomic E-state index is 0.190. The summed E-state index contributed by atoms with van der Waals surface area (Å²) >= 11 is 0. The Balaban J connectivity index is 1.77. The smallest absolute Gasteiger partial charge is 0.280 e. The molecule has 1 N–H and O–H groups in total. The van der Waals surface area contributed by atoms with Crippen molar-refractivity contribution in [3.63, 3.8) is 0 Å². The highest BCUT2D eigenvalue weighted by Gasteiger charge is 2.18. The molecule has 24 heavy (non-hydrogen) atoms. The molecule has 118 valence electrons. The summed E-state index contributed by atoms with van der Waals surface area (Å²) in [5.74, 6) is 0.539. The number of anilines is 1. The van der Waals surface area contributed by atoms with E-state index in [4.69, 9.17) is 9.26 Å². The number of hydrogen-bond acceptors (Lipinski definition) is 6. The summed E-state index contributed by atoms with van der Waals surface area (Å²) in [7, 11) is 1.61. The van der Waals surface area contributed by atoms with Crippen molar-refractivity contribution in [1.82, 2.24) is 15.1 Å². The predicted molar refractivity (Wildman–Crippen MR) is 88.1 cm³/mol. The van der Waals surface area contributed by atoms with Crippen LogP contribution in [0.5, 0.6) is 5.75 Å². The number of methoxy groups -OCH3 is 1. The quantitative estimate of drug-likeness (QED) is 0.624. The molecule has 2 aromatic carbocycles. The Kier molecular flexibility index (Phi) is 3.31. The molecule has 0 aliphatic carbocycles. The Morgan fingerprint density at radius 1 is 1.12 bits per heavy atom. The third-order valence-electron chi connectivity index (χ3n) is 3.67. The van der Waals surface area contributed by atoms with Crippen LogP contribution in [0.4, 0.5) is 5.95 Å². The molecule has 0 atom stereocenters. The molecule has 0 unspecified atom stereocenters. The van der Waals surface area contributed by atoms with Crippen LogP contribution in [0.2, 0.25) is 0 Å². The fourth-order valence-corrected chi connectivity index (χ4v) is 2.52. The van der Waals surface area contributed by atoms with Gasteiger partial charge >= 0.3 is 0 Å². The molecule has 4 rings (SSSR count). The Labute approximate surface area is 136 Å². The number of nitrogens with zero attached hydrogens (tertiary/aromatic N) is 3. The number of rotatable bonds is 3. The van der Waals surface area contributed by atoms with E-state index in [1.54, 1.807) is 31.6 Å². The van der Waals surface area contributed by atoms with Crippen molar-refractivity contribution in [3.8, 4) is 5.75 Å². The van der Waals surface area contributed by atoms with E-state index >= 15 is 0 Å². The molecule has 0 saturated heterocycles. The summed E-state index contributed by atoms with van der Waals surface area (Å²) in [6.45, 7) is 0. The Hall–Kier alpha value is -3.48. The Morgan fingerprint density at radius 3 is 2.71 bits per heavy atom. The number of nitrogens with one attached hydrogen (secondary N) is 1. The van der Waals surface area contributed by atoms with E-state index in [-0.39, 0.29) is 11.6 Å². The summed E-state index contributed by atoms with van der Waals surface area (Å²) in [4.78, 5) is 20.3. The summed E-state index contributed by atoms with van der Waals surface area (Å²) in [6, 6.07) is 11.0. The standard InChI is InChI=1S/C17H12N4O3/c1-23-11-4-6-12-10(9-11)3-5-13-14(21-24-15(12)13)16(22)20-17-18-7-2-8-19-17/h2-9H,1H3,(H,18,19,20,22). The highest BCUT2D eigenvalue weighted by Crippen LogP contribution is 2.30. The topological polar surface area (TPSA) is 90.1 Å². The SMILES string of the molecule is COc1ccc2c(ccc3c(C(=O)Nc4ncccn4)noc32)c1. The highest BCUT2D eigenvalue weighted by atomic mass is 16.5. The van der Waals surface area contributed by atoms with Gasteiger partial charge in [-0.2, -0.15) is 0 Å². The lowest BCUT2D eigenvalue weighted by Gasteiger charge is -2.03. The first kappa shape index (κ1) is 14.1. The summed E-state index contributed by atoms with van der Waals surface area (Å²) in [5, 5.41) is 8.93. The van der Waals surface area contributed by atoms with Crippen LogP contribution in [-0.4, -0.2) is 28.1 Å². The average molecular weight is 320 g/mol. The van der Waals surface area contributed by atoms with Gasteiger partial charge in [-0.3, -0.25) is 10.1 Å². The van der Waals surface area contributed by atoms with Crippen molar-refractivity contribution < 1.29 is 14.1 Å². The first-order chi connectivity index (χ1) is 11.8. The third-order valence-corrected chi connectivity index (χ3v) is 3.67. The van der Waals surface area contributed by atoms with E-state index in [9.17, 15) is 4.79 Å². The van der Waals surface area contributed by atoms with Gasteiger partial charge in [-0.1, -0.05) is 11.2 Å². The molecular formula is C17H12N4O3. The van der Waals surface area contributed by atoms with Crippen molar-refractivity contribution in [2.75, 3.05) is 12.4 Å². The van der Waals surface area contributed by atoms with Crippen LogP contribution in [0.3, 0.4) is 0 Å². The van der Waals surface area contributed by atoms with Gasteiger partial charge in [0.1, 0.15) is 5.75 Å². The molecule has 2 aromatic heterocycles. The van der Waals surface area contributed by atoms with Gasteiger partial charge < -0.3 is 9.26 Å². The molecule has 0 radical (unpaired) electrons. The molecule has 7 nitrogen and oxygen atoms in total. The Bertz CT molecular complexity index is 1040. The first-order valence-corrected chi connectivity index (χ1v) is 7.21. The minimum Gasteiger partial charge on any atom is -0.497 e. The summed E-state index contributed by atoms with van der Waals surface area (Å²) in [5.41, 5.74) is 0.740. The number of amides is 1. The lowest BCUT2D eigenvalue weighted by Crippen LogP contribution is -2.14. The average Bonchev–Trinajstić information content (AvgIpc) is 3.06. The molecular weight excluding hydrogens is 308 g/mol. The van der Waals surface area contributed by atoms with Crippen molar-refractivity contribution >= 4 is 33.6 Å². The molecule has 0 aliphatic rings. The van der Waals surface area contributed by atoms with Crippen molar-refractivity contribution in [2.24, 2.45) is 0 Å². The van der Waals surface area contributed by atoms with E-state index in [0.29, 0.717) is 11.0 Å². The van der Waals surface area contributed by atoms with Gasteiger partial charge in [0.15, 0.2) is 11.3 Å².